The molecular weight excluding hydrogens is 337 g/mol. The van der Waals surface area contributed by atoms with Gasteiger partial charge < -0.3 is 10.5 Å². The number of rotatable bonds is 2. The zero-order valence-electron chi connectivity index (χ0n) is 11.1. The highest BCUT2D eigenvalue weighted by atomic mass is 35.5. The molecule has 0 aromatic carbocycles. The SMILES string of the molecule is CC(C)(C)OC(=O)c1c(-c2cc(Cl)sc2Cl)csc1N. The van der Waals surface area contributed by atoms with Crippen molar-refractivity contribution in [2.24, 2.45) is 0 Å². The molecule has 2 N–H and O–H groups in total. The number of thiophene rings is 2. The van der Waals surface area contributed by atoms with Crippen molar-refractivity contribution in [3.63, 3.8) is 0 Å². The van der Waals surface area contributed by atoms with Gasteiger partial charge in [-0.1, -0.05) is 23.2 Å². The molecule has 0 radical (unpaired) electrons. The normalized spacial score (nSPS) is 11.7. The molecule has 0 atom stereocenters. The largest absolute Gasteiger partial charge is 0.456 e. The summed E-state index contributed by atoms with van der Waals surface area (Å²) in [6.45, 7) is 5.42. The summed E-state index contributed by atoms with van der Waals surface area (Å²) in [6.07, 6.45) is 0. The number of anilines is 1. The van der Waals surface area contributed by atoms with Crippen LogP contribution in [0.15, 0.2) is 11.4 Å². The lowest BCUT2D eigenvalue weighted by Crippen LogP contribution is -2.24. The monoisotopic (exact) mass is 349 g/mol. The molecule has 20 heavy (non-hydrogen) atoms. The zero-order valence-corrected chi connectivity index (χ0v) is 14.3. The molecule has 0 spiro atoms. The third kappa shape index (κ3) is 3.28. The number of ether oxygens (including phenoxy) is 1. The fraction of sp³-hybridized carbons (Fsp3) is 0.308. The van der Waals surface area contributed by atoms with Gasteiger partial charge in [-0.15, -0.1) is 22.7 Å². The molecule has 0 aliphatic carbocycles. The van der Waals surface area contributed by atoms with E-state index in [0.29, 0.717) is 30.4 Å². The molecule has 108 valence electrons. The maximum Gasteiger partial charge on any atom is 0.342 e. The summed E-state index contributed by atoms with van der Waals surface area (Å²) in [4.78, 5) is 12.3. The quantitative estimate of drug-likeness (QED) is 0.746. The second kappa shape index (κ2) is 5.56. The van der Waals surface area contributed by atoms with Crippen molar-refractivity contribution in [1.82, 2.24) is 0 Å². The van der Waals surface area contributed by atoms with Gasteiger partial charge in [-0.25, -0.2) is 4.79 Å². The summed E-state index contributed by atoms with van der Waals surface area (Å²) in [6, 6.07) is 1.73. The van der Waals surface area contributed by atoms with E-state index < -0.39 is 11.6 Å². The van der Waals surface area contributed by atoms with Crippen LogP contribution in [-0.4, -0.2) is 11.6 Å². The lowest BCUT2D eigenvalue weighted by Gasteiger charge is -2.19. The van der Waals surface area contributed by atoms with Crippen molar-refractivity contribution in [3.8, 4) is 11.1 Å². The number of nitrogens with two attached hydrogens (primary N) is 1. The van der Waals surface area contributed by atoms with Crippen LogP contribution in [0.4, 0.5) is 5.00 Å². The molecule has 0 aliphatic rings. The Balaban J connectivity index is 2.48. The standard InChI is InChI=1S/C13H13Cl2NO2S2/c1-13(2,3)18-12(17)9-7(5-19-11(9)16)6-4-8(14)20-10(6)15/h4-5H,16H2,1-3H3. The topological polar surface area (TPSA) is 52.3 Å². The van der Waals surface area contributed by atoms with Crippen LogP contribution in [0.2, 0.25) is 8.67 Å². The van der Waals surface area contributed by atoms with Crippen LogP contribution in [0.3, 0.4) is 0 Å². The summed E-state index contributed by atoms with van der Waals surface area (Å²) in [7, 11) is 0. The second-order valence-corrected chi connectivity index (χ2v) is 8.33. The first-order chi connectivity index (χ1) is 9.19. The maximum absolute atomic E-state index is 12.3. The molecular formula is C13H13Cl2NO2S2. The molecule has 2 aromatic heterocycles. The first-order valence-electron chi connectivity index (χ1n) is 5.74. The molecule has 2 aromatic rings. The highest BCUT2D eigenvalue weighted by Gasteiger charge is 2.26. The van der Waals surface area contributed by atoms with Gasteiger partial charge in [0.05, 0.1) is 4.34 Å². The Morgan fingerprint density at radius 1 is 1.30 bits per heavy atom. The van der Waals surface area contributed by atoms with E-state index in [2.05, 4.69) is 0 Å². The van der Waals surface area contributed by atoms with Gasteiger partial charge in [0.1, 0.15) is 20.5 Å². The van der Waals surface area contributed by atoms with Crippen molar-refractivity contribution < 1.29 is 9.53 Å². The van der Waals surface area contributed by atoms with E-state index in [9.17, 15) is 4.79 Å². The smallest absolute Gasteiger partial charge is 0.342 e. The predicted octanol–water partition coefficient (Wildman–Crippen LogP) is 5.32. The Labute approximate surface area is 135 Å². The van der Waals surface area contributed by atoms with Crippen molar-refractivity contribution in [3.05, 3.63) is 25.7 Å². The molecule has 0 unspecified atom stereocenters. The van der Waals surface area contributed by atoms with Gasteiger partial charge in [0.25, 0.3) is 0 Å². The van der Waals surface area contributed by atoms with E-state index in [1.165, 1.54) is 22.7 Å². The van der Waals surface area contributed by atoms with E-state index >= 15 is 0 Å². The summed E-state index contributed by atoms with van der Waals surface area (Å²) in [5.41, 5.74) is 7.03. The van der Waals surface area contributed by atoms with Gasteiger partial charge in [-0.2, -0.15) is 0 Å². The summed E-state index contributed by atoms with van der Waals surface area (Å²) in [5.74, 6) is -0.454. The average molecular weight is 350 g/mol. The molecule has 3 nitrogen and oxygen atoms in total. The molecule has 7 heteroatoms. The Morgan fingerprint density at radius 2 is 1.95 bits per heavy atom. The number of hydrogen-bond acceptors (Lipinski definition) is 5. The summed E-state index contributed by atoms with van der Waals surface area (Å²) in [5, 5.41) is 2.20. The first kappa shape index (κ1) is 15.6. The third-order valence-electron chi connectivity index (χ3n) is 2.37. The second-order valence-electron chi connectivity index (χ2n) is 5.13. The van der Waals surface area contributed by atoms with Crippen LogP contribution in [-0.2, 0) is 4.74 Å². The zero-order chi connectivity index (χ0) is 15.1. The molecule has 0 saturated carbocycles. The van der Waals surface area contributed by atoms with Gasteiger partial charge in [0.15, 0.2) is 0 Å². The van der Waals surface area contributed by atoms with Crippen LogP contribution in [0.25, 0.3) is 11.1 Å². The molecule has 2 heterocycles. The molecule has 0 bridgehead atoms. The van der Waals surface area contributed by atoms with Gasteiger partial charge >= 0.3 is 5.97 Å². The number of carbonyl (C=O) groups is 1. The summed E-state index contributed by atoms with van der Waals surface area (Å²) < 4.78 is 6.47. The Morgan fingerprint density at radius 3 is 2.45 bits per heavy atom. The van der Waals surface area contributed by atoms with E-state index in [4.69, 9.17) is 33.7 Å². The number of nitrogen functional groups attached to an aromatic ring is 1. The van der Waals surface area contributed by atoms with Crippen LogP contribution in [0.5, 0.6) is 0 Å². The highest BCUT2D eigenvalue weighted by molar-refractivity contribution is 7.20. The minimum atomic E-state index is -0.585. The van der Waals surface area contributed by atoms with Crippen molar-refractivity contribution in [2.75, 3.05) is 5.73 Å². The highest BCUT2D eigenvalue weighted by Crippen LogP contribution is 2.43. The predicted molar refractivity (Wildman–Crippen MR) is 87.2 cm³/mol. The van der Waals surface area contributed by atoms with Crippen molar-refractivity contribution in [1.29, 1.82) is 0 Å². The minimum absolute atomic E-state index is 0.348. The van der Waals surface area contributed by atoms with Crippen molar-refractivity contribution in [2.45, 2.75) is 26.4 Å². The fourth-order valence-electron chi connectivity index (χ4n) is 1.63. The van der Waals surface area contributed by atoms with Crippen LogP contribution in [0, 0.1) is 0 Å². The molecule has 0 aliphatic heterocycles. The van der Waals surface area contributed by atoms with Gasteiger partial charge in [-0.05, 0) is 26.8 Å². The van der Waals surface area contributed by atoms with E-state index in [1.54, 1.807) is 11.4 Å². The van der Waals surface area contributed by atoms with Crippen LogP contribution in [0.1, 0.15) is 31.1 Å². The van der Waals surface area contributed by atoms with Crippen molar-refractivity contribution >= 4 is 56.8 Å². The number of esters is 1. The minimum Gasteiger partial charge on any atom is -0.456 e. The van der Waals surface area contributed by atoms with Gasteiger partial charge in [0, 0.05) is 16.5 Å². The van der Waals surface area contributed by atoms with E-state index in [-0.39, 0.29) is 0 Å². The number of hydrogen-bond donors (Lipinski definition) is 1. The average Bonchev–Trinajstić information content (AvgIpc) is 2.79. The molecule has 0 fully saturated rings. The molecule has 2 rings (SSSR count). The molecule has 0 saturated heterocycles. The van der Waals surface area contributed by atoms with Crippen LogP contribution >= 0.6 is 45.9 Å². The lowest BCUT2D eigenvalue weighted by atomic mass is 10.1. The molecule has 0 amide bonds. The fourth-order valence-corrected chi connectivity index (χ4v) is 3.93. The summed E-state index contributed by atoms with van der Waals surface area (Å²) >= 11 is 14.6. The number of carbonyl (C=O) groups excluding carboxylic acids is 1. The Kier molecular flexibility index (Phi) is 4.35. The Hall–Kier alpha value is -0.750. The maximum atomic E-state index is 12.3. The van der Waals surface area contributed by atoms with Gasteiger partial charge in [0.2, 0.25) is 0 Å². The lowest BCUT2D eigenvalue weighted by molar-refractivity contribution is 0.00722. The number of halogens is 2. The van der Waals surface area contributed by atoms with E-state index in [0.717, 1.165) is 0 Å². The third-order valence-corrected chi connectivity index (χ3v) is 4.67. The van der Waals surface area contributed by atoms with Gasteiger partial charge in [-0.3, -0.25) is 0 Å². The Bertz CT molecular complexity index is 656. The van der Waals surface area contributed by atoms with Crippen LogP contribution < -0.4 is 5.73 Å². The first-order valence-corrected chi connectivity index (χ1v) is 8.20. The van der Waals surface area contributed by atoms with E-state index in [1.807, 2.05) is 20.8 Å².